The van der Waals surface area contributed by atoms with Crippen LogP contribution in [0.2, 0.25) is 0 Å². The average Bonchev–Trinajstić information content (AvgIpc) is 2.73. The molecule has 1 unspecified atom stereocenters. The largest absolute Gasteiger partial charge is 0.359 e. The Bertz CT molecular complexity index is 419. The van der Waals surface area contributed by atoms with Gasteiger partial charge in [-0.15, -0.1) is 0 Å². The van der Waals surface area contributed by atoms with E-state index >= 15 is 0 Å². The molecule has 2 rings (SSSR count). The van der Waals surface area contributed by atoms with Crippen molar-refractivity contribution in [2.45, 2.75) is 19.5 Å². The van der Waals surface area contributed by atoms with Gasteiger partial charge in [0.25, 0.3) is 0 Å². The molecular formula is C10H14N4O3. The molecule has 0 spiro atoms. The van der Waals surface area contributed by atoms with Gasteiger partial charge in [0.05, 0.1) is 18.8 Å². The normalized spacial score (nSPS) is 19.8. The van der Waals surface area contributed by atoms with Crippen LogP contribution in [0.3, 0.4) is 0 Å². The fraction of sp³-hybridized carbons (Fsp3) is 0.500. The Morgan fingerprint density at radius 1 is 1.71 bits per heavy atom. The molecule has 92 valence electrons. The van der Waals surface area contributed by atoms with Gasteiger partial charge < -0.3 is 15.2 Å². The SMILES string of the molecule is Cc1cc(CNC(=O)C2CNC(=O)CN2)on1. The lowest BCUT2D eigenvalue weighted by Gasteiger charge is -2.22. The van der Waals surface area contributed by atoms with Crippen molar-refractivity contribution < 1.29 is 14.1 Å². The first-order valence-corrected chi connectivity index (χ1v) is 5.35. The van der Waals surface area contributed by atoms with Crippen molar-refractivity contribution in [3.63, 3.8) is 0 Å². The smallest absolute Gasteiger partial charge is 0.239 e. The van der Waals surface area contributed by atoms with E-state index in [9.17, 15) is 9.59 Å². The predicted molar refractivity (Wildman–Crippen MR) is 57.9 cm³/mol. The van der Waals surface area contributed by atoms with Gasteiger partial charge in [-0.1, -0.05) is 5.16 Å². The minimum absolute atomic E-state index is 0.0973. The van der Waals surface area contributed by atoms with E-state index in [1.807, 2.05) is 6.92 Å². The van der Waals surface area contributed by atoms with Gasteiger partial charge in [-0.3, -0.25) is 14.9 Å². The third-order valence-corrected chi connectivity index (χ3v) is 2.44. The van der Waals surface area contributed by atoms with Crippen molar-refractivity contribution in [2.75, 3.05) is 13.1 Å². The number of hydrogen-bond donors (Lipinski definition) is 3. The number of nitrogens with zero attached hydrogens (tertiary/aromatic N) is 1. The van der Waals surface area contributed by atoms with Crippen LogP contribution in [0.5, 0.6) is 0 Å². The van der Waals surface area contributed by atoms with E-state index in [2.05, 4.69) is 21.1 Å². The number of carbonyl (C=O) groups is 2. The fourth-order valence-electron chi connectivity index (χ4n) is 1.55. The highest BCUT2D eigenvalue weighted by atomic mass is 16.5. The molecule has 3 N–H and O–H groups in total. The molecule has 7 heteroatoms. The van der Waals surface area contributed by atoms with E-state index in [0.29, 0.717) is 18.8 Å². The molecule has 1 atom stereocenters. The second-order valence-electron chi connectivity index (χ2n) is 3.89. The van der Waals surface area contributed by atoms with Crippen LogP contribution in [-0.4, -0.2) is 36.1 Å². The molecule has 1 fully saturated rings. The second-order valence-corrected chi connectivity index (χ2v) is 3.89. The molecule has 1 aromatic rings. The van der Waals surface area contributed by atoms with Crippen LogP contribution in [0.4, 0.5) is 0 Å². The quantitative estimate of drug-likeness (QED) is 0.607. The summed E-state index contributed by atoms with van der Waals surface area (Å²) in [7, 11) is 0. The molecule has 2 amide bonds. The van der Waals surface area contributed by atoms with Crippen LogP contribution in [0.25, 0.3) is 0 Å². The van der Waals surface area contributed by atoms with Gasteiger partial charge in [0, 0.05) is 12.6 Å². The Labute approximate surface area is 97.9 Å². The van der Waals surface area contributed by atoms with Crippen molar-refractivity contribution in [2.24, 2.45) is 0 Å². The number of hydrogen-bond acceptors (Lipinski definition) is 5. The summed E-state index contributed by atoms with van der Waals surface area (Å²) in [6.45, 7) is 2.58. The first-order valence-electron chi connectivity index (χ1n) is 5.35. The molecule has 0 radical (unpaired) electrons. The molecule has 17 heavy (non-hydrogen) atoms. The van der Waals surface area contributed by atoms with Crippen LogP contribution in [0.15, 0.2) is 10.6 Å². The zero-order chi connectivity index (χ0) is 12.3. The molecule has 0 bridgehead atoms. The zero-order valence-corrected chi connectivity index (χ0v) is 9.45. The predicted octanol–water partition coefficient (Wildman–Crippen LogP) is -1.31. The van der Waals surface area contributed by atoms with Gasteiger partial charge in [0.2, 0.25) is 11.8 Å². The summed E-state index contributed by atoms with van der Waals surface area (Å²) < 4.78 is 4.96. The maximum absolute atomic E-state index is 11.7. The van der Waals surface area contributed by atoms with Crippen LogP contribution < -0.4 is 16.0 Å². The van der Waals surface area contributed by atoms with Crippen molar-refractivity contribution >= 4 is 11.8 Å². The first kappa shape index (κ1) is 11.6. The van der Waals surface area contributed by atoms with E-state index in [4.69, 9.17) is 4.52 Å². The third-order valence-electron chi connectivity index (χ3n) is 2.44. The molecule has 1 aromatic heterocycles. The van der Waals surface area contributed by atoms with E-state index in [1.165, 1.54) is 0 Å². The minimum atomic E-state index is -0.392. The minimum Gasteiger partial charge on any atom is -0.359 e. The highest BCUT2D eigenvalue weighted by Gasteiger charge is 2.23. The first-order chi connectivity index (χ1) is 8.15. The van der Waals surface area contributed by atoms with Gasteiger partial charge in [-0.25, -0.2) is 0 Å². The summed E-state index contributed by atoms with van der Waals surface area (Å²) >= 11 is 0. The molecule has 1 aliphatic rings. The average molecular weight is 238 g/mol. The highest BCUT2D eigenvalue weighted by Crippen LogP contribution is 2.01. The molecular weight excluding hydrogens is 224 g/mol. The van der Waals surface area contributed by atoms with E-state index in [0.717, 1.165) is 5.69 Å². The van der Waals surface area contributed by atoms with E-state index in [1.54, 1.807) is 6.07 Å². The molecule has 2 heterocycles. The Kier molecular flexibility index (Phi) is 3.38. The van der Waals surface area contributed by atoms with Crippen LogP contribution in [-0.2, 0) is 16.1 Å². The Morgan fingerprint density at radius 3 is 3.12 bits per heavy atom. The number of nitrogens with one attached hydrogen (secondary N) is 3. The van der Waals surface area contributed by atoms with Crippen LogP contribution >= 0.6 is 0 Å². The second kappa shape index (κ2) is 4.96. The Hall–Kier alpha value is -1.89. The Morgan fingerprint density at radius 2 is 2.53 bits per heavy atom. The number of aromatic nitrogens is 1. The third kappa shape index (κ3) is 3.04. The lowest BCUT2D eigenvalue weighted by Crippen LogP contribution is -2.57. The topological polar surface area (TPSA) is 96.3 Å². The standard InChI is InChI=1S/C10H14N4O3/c1-6-2-7(17-14-6)3-13-10(16)8-4-12-9(15)5-11-8/h2,8,11H,3-5H2,1H3,(H,12,15)(H,13,16). The summed E-state index contributed by atoms with van der Waals surface area (Å²) in [4.78, 5) is 22.6. The number of aryl methyl sites for hydroxylation is 1. The molecule has 0 saturated carbocycles. The maximum atomic E-state index is 11.7. The highest BCUT2D eigenvalue weighted by molar-refractivity contribution is 5.86. The molecule has 7 nitrogen and oxygen atoms in total. The van der Waals surface area contributed by atoms with Gasteiger partial charge in [-0.05, 0) is 6.92 Å². The number of rotatable bonds is 3. The lowest BCUT2D eigenvalue weighted by atomic mass is 10.2. The van der Waals surface area contributed by atoms with Crippen LogP contribution in [0.1, 0.15) is 11.5 Å². The van der Waals surface area contributed by atoms with Crippen molar-refractivity contribution in [1.29, 1.82) is 0 Å². The van der Waals surface area contributed by atoms with Gasteiger partial charge in [-0.2, -0.15) is 0 Å². The number of amides is 2. The number of piperazine rings is 1. The summed E-state index contributed by atoms with van der Waals surface area (Å²) in [6, 6.07) is 1.37. The lowest BCUT2D eigenvalue weighted by molar-refractivity contribution is -0.126. The van der Waals surface area contributed by atoms with Gasteiger partial charge in [0.1, 0.15) is 6.04 Å². The van der Waals surface area contributed by atoms with Crippen molar-refractivity contribution in [3.8, 4) is 0 Å². The molecule has 1 aliphatic heterocycles. The van der Waals surface area contributed by atoms with E-state index < -0.39 is 6.04 Å². The zero-order valence-electron chi connectivity index (χ0n) is 9.45. The summed E-state index contributed by atoms with van der Waals surface area (Å²) in [5, 5.41) is 11.9. The Balaban J connectivity index is 1.79. The summed E-state index contributed by atoms with van der Waals surface area (Å²) in [6.07, 6.45) is 0. The summed E-state index contributed by atoms with van der Waals surface area (Å²) in [5.74, 6) is 0.342. The van der Waals surface area contributed by atoms with Crippen molar-refractivity contribution in [3.05, 3.63) is 17.5 Å². The van der Waals surface area contributed by atoms with Gasteiger partial charge >= 0.3 is 0 Å². The van der Waals surface area contributed by atoms with Gasteiger partial charge in [0.15, 0.2) is 5.76 Å². The fourth-order valence-corrected chi connectivity index (χ4v) is 1.55. The number of carbonyl (C=O) groups excluding carboxylic acids is 2. The van der Waals surface area contributed by atoms with Crippen molar-refractivity contribution in [1.82, 2.24) is 21.1 Å². The summed E-state index contributed by atoms with van der Waals surface area (Å²) in [5.41, 5.74) is 0.775. The molecule has 0 aliphatic carbocycles. The van der Waals surface area contributed by atoms with Crippen LogP contribution in [0, 0.1) is 6.92 Å². The van der Waals surface area contributed by atoms with E-state index in [-0.39, 0.29) is 18.4 Å². The maximum Gasteiger partial charge on any atom is 0.239 e. The monoisotopic (exact) mass is 238 g/mol. The molecule has 0 aromatic carbocycles. The molecule has 1 saturated heterocycles.